The van der Waals surface area contributed by atoms with E-state index in [0.29, 0.717) is 12.3 Å². The molecule has 2 aromatic carbocycles. The van der Waals surface area contributed by atoms with Crippen LogP contribution < -0.4 is 10.1 Å². The fourth-order valence-corrected chi connectivity index (χ4v) is 3.46. The van der Waals surface area contributed by atoms with Gasteiger partial charge in [0, 0.05) is 24.7 Å². The van der Waals surface area contributed by atoms with Gasteiger partial charge in [0.15, 0.2) is 6.61 Å². The number of carbonyl (C=O) groups is 2. The molecular weight excluding hydrogens is 340 g/mol. The van der Waals surface area contributed by atoms with Gasteiger partial charge in [-0.05, 0) is 67.1 Å². The Morgan fingerprint density at radius 3 is 2.78 bits per heavy atom. The average molecular weight is 364 g/mol. The quantitative estimate of drug-likeness (QED) is 0.886. The predicted octanol–water partition coefficient (Wildman–Crippen LogP) is 3.31. The third-order valence-electron chi connectivity index (χ3n) is 5.10. The zero-order chi connectivity index (χ0) is 18.8. The molecular formula is C22H24N2O3. The van der Waals surface area contributed by atoms with E-state index in [4.69, 9.17) is 4.74 Å². The van der Waals surface area contributed by atoms with Crippen LogP contribution in [-0.4, -0.2) is 29.9 Å². The molecule has 0 radical (unpaired) electrons. The summed E-state index contributed by atoms with van der Waals surface area (Å²) in [7, 11) is 0. The van der Waals surface area contributed by atoms with E-state index in [9.17, 15) is 9.59 Å². The van der Waals surface area contributed by atoms with Crippen LogP contribution in [0.25, 0.3) is 0 Å². The molecule has 140 valence electrons. The van der Waals surface area contributed by atoms with Crippen LogP contribution in [0.1, 0.15) is 29.5 Å². The van der Waals surface area contributed by atoms with Crippen LogP contribution in [0, 0.1) is 12.8 Å². The summed E-state index contributed by atoms with van der Waals surface area (Å²) in [6, 6.07) is 13.6. The van der Waals surface area contributed by atoms with Crippen molar-refractivity contribution in [2.24, 2.45) is 5.92 Å². The largest absolute Gasteiger partial charge is 0.484 e. The molecule has 0 saturated heterocycles. The van der Waals surface area contributed by atoms with Gasteiger partial charge >= 0.3 is 0 Å². The zero-order valence-electron chi connectivity index (χ0n) is 15.5. The molecule has 2 aliphatic rings. The Hall–Kier alpha value is -2.82. The van der Waals surface area contributed by atoms with E-state index in [1.807, 2.05) is 54.3 Å². The Morgan fingerprint density at radius 2 is 2.00 bits per heavy atom. The van der Waals surface area contributed by atoms with Crippen molar-refractivity contribution in [2.45, 2.75) is 32.7 Å². The van der Waals surface area contributed by atoms with Crippen molar-refractivity contribution in [1.29, 1.82) is 0 Å². The number of anilines is 1. The number of ether oxygens (including phenoxy) is 1. The highest BCUT2D eigenvalue weighted by Crippen LogP contribution is 2.33. The first-order chi connectivity index (χ1) is 13.1. The molecule has 27 heavy (non-hydrogen) atoms. The summed E-state index contributed by atoms with van der Waals surface area (Å²) in [6.45, 7) is 3.37. The molecule has 1 N–H and O–H groups in total. The molecule has 0 atom stereocenters. The molecule has 1 aliphatic carbocycles. The minimum Gasteiger partial charge on any atom is -0.484 e. The Bertz CT molecular complexity index is 874. The topological polar surface area (TPSA) is 58.6 Å². The number of hydrogen-bond donors (Lipinski definition) is 1. The van der Waals surface area contributed by atoms with Crippen molar-refractivity contribution in [2.75, 3.05) is 18.5 Å². The highest BCUT2D eigenvalue weighted by Gasteiger charge is 2.34. The summed E-state index contributed by atoms with van der Waals surface area (Å²) >= 11 is 0. The lowest BCUT2D eigenvalue weighted by molar-refractivity contribution is -0.133. The molecule has 5 nitrogen and oxygen atoms in total. The summed E-state index contributed by atoms with van der Waals surface area (Å²) in [5, 5.41) is 2.89. The van der Waals surface area contributed by atoms with E-state index in [2.05, 4.69) is 5.32 Å². The van der Waals surface area contributed by atoms with E-state index in [1.165, 1.54) is 5.56 Å². The van der Waals surface area contributed by atoms with Crippen LogP contribution >= 0.6 is 0 Å². The normalized spacial score (nSPS) is 15.8. The molecule has 1 heterocycles. The number of nitrogens with zero attached hydrogens (tertiary/aromatic N) is 1. The van der Waals surface area contributed by atoms with Crippen molar-refractivity contribution in [3.05, 3.63) is 59.2 Å². The second-order valence-corrected chi connectivity index (χ2v) is 7.42. The second kappa shape index (κ2) is 7.43. The lowest BCUT2D eigenvalue weighted by atomic mass is 9.98. The van der Waals surface area contributed by atoms with Crippen LogP contribution in [0.15, 0.2) is 42.5 Å². The van der Waals surface area contributed by atoms with Gasteiger partial charge in [0.05, 0.1) is 0 Å². The Kier molecular flexibility index (Phi) is 4.84. The van der Waals surface area contributed by atoms with E-state index in [-0.39, 0.29) is 24.3 Å². The van der Waals surface area contributed by atoms with Gasteiger partial charge < -0.3 is 15.0 Å². The molecule has 2 amide bonds. The summed E-state index contributed by atoms with van der Waals surface area (Å²) in [4.78, 5) is 26.5. The summed E-state index contributed by atoms with van der Waals surface area (Å²) in [6.07, 6.45) is 2.93. The first-order valence-corrected chi connectivity index (χ1v) is 9.48. The minimum atomic E-state index is -0.196. The smallest absolute Gasteiger partial charge is 0.262 e. The van der Waals surface area contributed by atoms with Crippen molar-refractivity contribution < 1.29 is 14.3 Å². The molecule has 0 aromatic heterocycles. The maximum absolute atomic E-state index is 12.3. The monoisotopic (exact) mass is 364 g/mol. The van der Waals surface area contributed by atoms with Gasteiger partial charge in [0.1, 0.15) is 5.75 Å². The molecule has 0 unspecified atom stereocenters. The van der Waals surface area contributed by atoms with E-state index in [0.717, 1.165) is 42.6 Å². The summed E-state index contributed by atoms with van der Waals surface area (Å²) < 4.78 is 5.55. The van der Waals surface area contributed by atoms with Crippen molar-refractivity contribution in [3.63, 3.8) is 0 Å². The molecule has 2 aromatic rings. The summed E-state index contributed by atoms with van der Waals surface area (Å²) in [5.41, 5.74) is 4.21. The van der Waals surface area contributed by atoms with Gasteiger partial charge in [-0.2, -0.15) is 0 Å². The maximum atomic E-state index is 12.3. The number of amides is 2. The van der Waals surface area contributed by atoms with Crippen LogP contribution in [0.2, 0.25) is 0 Å². The number of aryl methyl sites for hydroxylation is 1. The van der Waals surface area contributed by atoms with Crippen molar-refractivity contribution in [3.8, 4) is 5.75 Å². The minimum absolute atomic E-state index is 0.0349. The van der Waals surface area contributed by atoms with E-state index >= 15 is 0 Å². The standard InChI is InChI=1S/C22H24N2O3/c1-15-3-2-4-20(11-15)27-14-21(25)23-19-8-7-16-9-10-24(13-18(16)12-19)22(26)17-5-6-17/h2-4,7-8,11-12,17H,5-6,9-10,13-14H2,1H3,(H,23,25). The first kappa shape index (κ1) is 17.6. The number of hydrogen-bond acceptors (Lipinski definition) is 3. The third kappa shape index (κ3) is 4.30. The SMILES string of the molecule is Cc1cccc(OCC(=O)Nc2ccc3c(c2)CN(C(=O)C2CC2)CC3)c1. The van der Waals surface area contributed by atoms with Gasteiger partial charge in [-0.15, -0.1) is 0 Å². The van der Waals surface area contributed by atoms with Crippen molar-refractivity contribution >= 4 is 17.5 Å². The second-order valence-electron chi connectivity index (χ2n) is 7.42. The Balaban J connectivity index is 1.36. The lowest BCUT2D eigenvalue weighted by Crippen LogP contribution is -2.36. The number of nitrogens with one attached hydrogen (secondary N) is 1. The molecule has 1 fully saturated rings. The summed E-state index contributed by atoms with van der Waals surface area (Å²) in [5.74, 6) is 1.01. The van der Waals surface area contributed by atoms with Crippen LogP contribution in [0.5, 0.6) is 5.75 Å². The van der Waals surface area contributed by atoms with Crippen LogP contribution in [0.4, 0.5) is 5.69 Å². The predicted molar refractivity (Wildman–Crippen MR) is 104 cm³/mol. The fraction of sp³-hybridized carbons (Fsp3) is 0.364. The molecule has 1 saturated carbocycles. The molecule has 4 rings (SSSR count). The number of rotatable bonds is 5. The van der Waals surface area contributed by atoms with Crippen molar-refractivity contribution in [1.82, 2.24) is 4.90 Å². The highest BCUT2D eigenvalue weighted by molar-refractivity contribution is 5.92. The fourth-order valence-electron chi connectivity index (χ4n) is 3.46. The number of carbonyl (C=O) groups excluding carboxylic acids is 2. The molecule has 5 heteroatoms. The number of fused-ring (bicyclic) bond motifs is 1. The van der Waals surface area contributed by atoms with Crippen LogP contribution in [-0.2, 0) is 22.6 Å². The van der Waals surface area contributed by atoms with Gasteiger partial charge in [0.2, 0.25) is 5.91 Å². The van der Waals surface area contributed by atoms with Gasteiger partial charge in [0.25, 0.3) is 5.91 Å². The molecule has 1 aliphatic heterocycles. The molecule has 0 bridgehead atoms. The Morgan fingerprint density at radius 1 is 1.15 bits per heavy atom. The lowest BCUT2D eigenvalue weighted by Gasteiger charge is -2.29. The van der Waals surface area contributed by atoms with Gasteiger partial charge in [-0.3, -0.25) is 9.59 Å². The van der Waals surface area contributed by atoms with Gasteiger partial charge in [-0.1, -0.05) is 18.2 Å². The first-order valence-electron chi connectivity index (χ1n) is 9.48. The van der Waals surface area contributed by atoms with Crippen LogP contribution in [0.3, 0.4) is 0 Å². The van der Waals surface area contributed by atoms with E-state index < -0.39 is 0 Å². The van der Waals surface area contributed by atoms with E-state index in [1.54, 1.807) is 0 Å². The van der Waals surface area contributed by atoms with Gasteiger partial charge in [-0.25, -0.2) is 0 Å². The maximum Gasteiger partial charge on any atom is 0.262 e. The average Bonchev–Trinajstić information content (AvgIpc) is 3.50. The number of benzene rings is 2. The molecule has 0 spiro atoms. The highest BCUT2D eigenvalue weighted by atomic mass is 16.5. The zero-order valence-corrected chi connectivity index (χ0v) is 15.5. The third-order valence-corrected chi connectivity index (χ3v) is 5.10. The Labute approximate surface area is 159 Å².